The predicted molar refractivity (Wildman–Crippen MR) is 68.5 cm³/mol. The third-order valence-electron chi connectivity index (χ3n) is 2.56. The molecule has 4 heteroatoms. The molecule has 0 saturated heterocycles. The van der Waals surface area contributed by atoms with E-state index in [1.807, 2.05) is 42.5 Å². The molecule has 2 N–H and O–H groups in total. The Labute approximate surface area is 106 Å². The van der Waals surface area contributed by atoms with Crippen LogP contribution in [0, 0.1) is 0 Å². The highest BCUT2D eigenvalue weighted by Gasteiger charge is 1.97. The van der Waals surface area contributed by atoms with Gasteiger partial charge in [0.05, 0.1) is 5.69 Å². The van der Waals surface area contributed by atoms with Crippen molar-refractivity contribution in [2.24, 2.45) is 0 Å². The van der Waals surface area contributed by atoms with Gasteiger partial charge in [0.25, 0.3) is 0 Å². The predicted octanol–water partition coefficient (Wildman–Crippen LogP) is 2.18. The van der Waals surface area contributed by atoms with E-state index in [4.69, 9.17) is 9.94 Å². The zero-order chi connectivity index (χ0) is 12.6. The first-order chi connectivity index (χ1) is 8.88. The lowest BCUT2D eigenvalue weighted by Crippen LogP contribution is -2.11. The average molecular weight is 244 g/mol. The summed E-state index contributed by atoms with van der Waals surface area (Å²) in [5.74, 6) is 0.821. The van der Waals surface area contributed by atoms with Crippen molar-refractivity contribution >= 4 is 0 Å². The molecular weight excluding hydrogens is 228 g/mol. The van der Waals surface area contributed by atoms with Gasteiger partial charge in [-0.1, -0.05) is 18.2 Å². The molecule has 0 fully saturated rings. The summed E-state index contributed by atoms with van der Waals surface area (Å²) in [6.07, 6.45) is 2.54. The van der Waals surface area contributed by atoms with E-state index in [0.717, 1.165) is 23.4 Å². The van der Waals surface area contributed by atoms with Gasteiger partial charge in [-0.15, -0.1) is 0 Å². The smallest absolute Gasteiger partial charge is 0.130 e. The molecule has 0 spiro atoms. The Morgan fingerprint density at radius 1 is 1.11 bits per heavy atom. The van der Waals surface area contributed by atoms with Crippen molar-refractivity contribution < 1.29 is 9.94 Å². The van der Waals surface area contributed by atoms with Crippen LogP contribution in [-0.2, 0) is 13.0 Å². The fourth-order valence-corrected chi connectivity index (χ4v) is 1.59. The molecule has 0 amide bonds. The number of pyridine rings is 1. The van der Waals surface area contributed by atoms with Gasteiger partial charge in [-0.25, -0.2) is 5.48 Å². The van der Waals surface area contributed by atoms with Gasteiger partial charge in [-0.3, -0.25) is 4.98 Å². The first kappa shape index (κ1) is 12.5. The number of nitrogens with one attached hydrogen (secondary N) is 1. The summed E-state index contributed by atoms with van der Waals surface area (Å²) in [5.41, 5.74) is 4.20. The zero-order valence-electron chi connectivity index (χ0n) is 10.0. The van der Waals surface area contributed by atoms with Crippen molar-refractivity contribution in [1.29, 1.82) is 0 Å². The van der Waals surface area contributed by atoms with Crippen molar-refractivity contribution in [3.8, 4) is 5.75 Å². The van der Waals surface area contributed by atoms with Crippen LogP contribution in [0.4, 0.5) is 0 Å². The number of hydrogen-bond donors (Lipinski definition) is 2. The molecule has 1 heterocycles. The molecule has 94 valence electrons. The van der Waals surface area contributed by atoms with Crippen LogP contribution in [0.5, 0.6) is 5.75 Å². The lowest BCUT2D eigenvalue weighted by molar-refractivity contribution is 0.168. The maximum atomic E-state index is 8.51. The second-order valence-electron chi connectivity index (χ2n) is 3.91. The first-order valence-corrected chi connectivity index (χ1v) is 5.87. The number of hydroxylamine groups is 1. The summed E-state index contributed by atoms with van der Waals surface area (Å²) in [6.45, 7) is 1.02. The molecule has 0 aliphatic carbocycles. The van der Waals surface area contributed by atoms with Crippen molar-refractivity contribution in [3.63, 3.8) is 0 Å². The average Bonchev–Trinajstić information content (AvgIpc) is 2.45. The van der Waals surface area contributed by atoms with Crippen LogP contribution in [-0.4, -0.2) is 16.7 Å². The zero-order valence-corrected chi connectivity index (χ0v) is 10.0. The number of nitrogens with zero attached hydrogens (tertiary/aromatic N) is 1. The normalized spacial score (nSPS) is 10.3. The maximum Gasteiger partial charge on any atom is 0.130 e. The Bertz CT molecular complexity index is 457. The van der Waals surface area contributed by atoms with Gasteiger partial charge in [0.2, 0.25) is 0 Å². The van der Waals surface area contributed by atoms with Crippen LogP contribution < -0.4 is 10.2 Å². The van der Waals surface area contributed by atoms with Crippen molar-refractivity contribution in [2.75, 3.05) is 6.54 Å². The van der Waals surface area contributed by atoms with Gasteiger partial charge >= 0.3 is 0 Å². The fraction of sp³-hybridized carbons (Fsp3) is 0.214. The second kappa shape index (κ2) is 6.74. The van der Waals surface area contributed by atoms with Crippen LogP contribution in [0.25, 0.3) is 0 Å². The van der Waals surface area contributed by atoms with Gasteiger partial charge in [0.1, 0.15) is 12.4 Å². The lowest BCUT2D eigenvalue weighted by atomic mass is 10.1. The molecule has 2 rings (SSSR count). The van der Waals surface area contributed by atoms with E-state index >= 15 is 0 Å². The van der Waals surface area contributed by atoms with Gasteiger partial charge in [0, 0.05) is 12.7 Å². The topological polar surface area (TPSA) is 54.4 Å². The Kier molecular flexibility index (Phi) is 4.69. The molecule has 0 unspecified atom stereocenters. The molecule has 0 radical (unpaired) electrons. The largest absolute Gasteiger partial charge is 0.487 e. The fourth-order valence-electron chi connectivity index (χ4n) is 1.59. The van der Waals surface area contributed by atoms with Crippen LogP contribution in [0.15, 0.2) is 48.7 Å². The van der Waals surface area contributed by atoms with E-state index in [1.54, 1.807) is 6.20 Å². The Balaban J connectivity index is 1.86. The summed E-state index contributed by atoms with van der Waals surface area (Å²) >= 11 is 0. The third-order valence-corrected chi connectivity index (χ3v) is 2.56. The van der Waals surface area contributed by atoms with Crippen LogP contribution in [0.3, 0.4) is 0 Å². The molecule has 0 saturated carbocycles. The highest BCUT2D eigenvalue weighted by Crippen LogP contribution is 2.13. The van der Waals surface area contributed by atoms with Crippen molar-refractivity contribution in [1.82, 2.24) is 10.5 Å². The third kappa shape index (κ3) is 3.84. The van der Waals surface area contributed by atoms with E-state index in [1.165, 1.54) is 0 Å². The number of aromatic nitrogens is 1. The van der Waals surface area contributed by atoms with Gasteiger partial charge in [-0.05, 0) is 36.2 Å². The number of ether oxygens (including phenoxy) is 1. The first-order valence-electron chi connectivity index (χ1n) is 5.87. The van der Waals surface area contributed by atoms with Gasteiger partial charge in [-0.2, -0.15) is 0 Å². The highest BCUT2D eigenvalue weighted by molar-refractivity contribution is 5.27. The highest BCUT2D eigenvalue weighted by atomic mass is 16.5. The van der Waals surface area contributed by atoms with Gasteiger partial charge in [0.15, 0.2) is 0 Å². The molecule has 0 aliphatic heterocycles. The van der Waals surface area contributed by atoms with Crippen molar-refractivity contribution in [2.45, 2.75) is 13.0 Å². The Morgan fingerprint density at radius 2 is 1.94 bits per heavy atom. The van der Waals surface area contributed by atoms with Crippen LogP contribution in [0.1, 0.15) is 11.3 Å². The second-order valence-corrected chi connectivity index (χ2v) is 3.91. The molecule has 18 heavy (non-hydrogen) atoms. The molecule has 0 aliphatic rings. The monoisotopic (exact) mass is 244 g/mol. The summed E-state index contributed by atoms with van der Waals surface area (Å²) in [6, 6.07) is 13.6. The summed E-state index contributed by atoms with van der Waals surface area (Å²) < 4.78 is 5.62. The van der Waals surface area contributed by atoms with E-state index in [-0.39, 0.29) is 0 Å². The molecule has 2 aromatic rings. The molecule has 4 nitrogen and oxygen atoms in total. The SMILES string of the molecule is ONCCc1ccc(OCc2ccccn2)cc1. The summed E-state index contributed by atoms with van der Waals surface area (Å²) in [5, 5.41) is 8.51. The van der Waals surface area contributed by atoms with Crippen molar-refractivity contribution in [3.05, 3.63) is 59.9 Å². The molecule has 1 aromatic carbocycles. The number of hydrogen-bond acceptors (Lipinski definition) is 4. The van der Waals surface area contributed by atoms with E-state index in [2.05, 4.69) is 10.5 Å². The maximum absolute atomic E-state index is 8.51. The minimum Gasteiger partial charge on any atom is -0.487 e. The molecule has 1 aromatic heterocycles. The van der Waals surface area contributed by atoms with Crippen LogP contribution in [0.2, 0.25) is 0 Å². The van der Waals surface area contributed by atoms with Crippen LogP contribution >= 0.6 is 0 Å². The quantitative estimate of drug-likeness (QED) is 0.765. The Morgan fingerprint density at radius 3 is 2.61 bits per heavy atom. The summed E-state index contributed by atoms with van der Waals surface area (Å²) in [7, 11) is 0. The molecular formula is C14H16N2O2. The standard InChI is InChI=1S/C14H16N2O2/c17-16-10-8-12-4-6-14(7-5-12)18-11-13-3-1-2-9-15-13/h1-7,9,16-17H,8,10-11H2. The van der Waals surface area contributed by atoms with Gasteiger partial charge < -0.3 is 9.94 Å². The molecule has 0 atom stereocenters. The molecule has 0 bridgehead atoms. The summed E-state index contributed by atoms with van der Waals surface area (Å²) in [4.78, 5) is 4.19. The number of benzene rings is 1. The minimum atomic E-state index is 0.471. The van der Waals surface area contributed by atoms with E-state index in [0.29, 0.717) is 13.2 Å². The lowest BCUT2D eigenvalue weighted by Gasteiger charge is -2.06. The van der Waals surface area contributed by atoms with E-state index in [9.17, 15) is 0 Å². The van der Waals surface area contributed by atoms with E-state index < -0.39 is 0 Å². The Hall–Kier alpha value is -1.91. The minimum absolute atomic E-state index is 0.471. The number of rotatable bonds is 6.